The molecule has 4 nitrogen and oxygen atoms in total. The van der Waals surface area contributed by atoms with Crippen LogP contribution in [0.4, 0.5) is 0 Å². The normalized spacial score (nSPS) is 8.27. The Labute approximate surface area is 63.8 Å². The molecule has 0 atom stereocenters. The number of hydrogen-bond acceptors (Lipinski definition) is 3. The van der Waals surface area contributed by atoms with E-state index >= 15 is 0 Å². The lowest BCUT2D eigenvalue weighted by molar-refractivity contribution is 0.168. The van der Waals surface area contributed by atoms with Gasteiger partial charge in [-0.3, -0.25) is 0 Å². The molecule has 0 radical (unpaired) electrons. The fourth-order valence-corrected chi connectivity index (χ4v) is 0.714. The molecule has 0 N–H and O–H groups in total. The molecule has 1 rings (SSSR count). The molecule has 0 aliphatic heterocycles. The summed E-state index contributed by atoms with van der Waals surface area (Å²) in [5.41, 5.74) is 0.656. The summed E-state index contributed by atoms with van der Waals surface area (Å²) in [6.45, 7) is 0. The third-order valence-corrected chi connectivity index (χ3v) is 1.25. The summed E-state index contributed by atoms with van der Waals surface area (Å²) in [5, 5.41) is 17.0. The first-order valence-electron chi connectivity index (χ1n) is 2.88. The smallest absolute Gasteiger partial charge is 0.104 e. The highest BCUT2D eigenvalue weighted by atomic mass is 16.6. The minimum atomic E-state index is 0.328. The van der Waals surface area contributed by atoms with Crippen LogP contribution in [-0.2, 0) is 0 Å². The van der Waals surface area contributed by atoms with Crippen molar-refractivity contribution in [1.82, 2.24) is 4.73 Å². The maximum absolute atomic E-state index is 8.49. The van der Waals surface area contributed by atoms with Crippen molar-refractivity contribution >= 4 is 0 Å². The van der Waals surface area contributed by atoms with Gasteiger partial charge in [0.2, 0.25) is 0 Å². The van der Waals surface area contributed by atoms with Gasteiger partial charge >= 0.3 is 0 Å². The summed E-state index contributed by atoms with van der Waals surface area (Å²) < 4.78 is 1.32. The van der Waals surface area contributed by atoms with Gasteiger partial charge in [-0.1, -0.05) is 0 Å². The van der Waals surface area contributed by atoms with Crippen molar-refractivity contribution in [3.8, 4) is 12.1 Å². The Bertz CT molecular complexity index is 308. The molecule has 0 fully saturated rings. The molecule has 0 bridgehead atoms. The van der Waals surface area contributed by atoms with Crippen LogP contribution >= 0.6 is 0 Å². The Balaban J connectivity index is 3.18. The van der Waals surface area contributed by atoms with Crippen LogP contribution in [0.25, 0.3) is 0 Å². The Morgan fingerprint density at radius 2 is 1.73 bits per heavy atom. The molecule has 0 aromatic carbocycles. The van der Waals surface area contributed by atoms with E-state index in [2.05, 4.69) is 0 Å². The molecular weight excluding hydrogens is 142 g/mol. The largest absolute Gasteiger partial charge is 0.418 e. The summed E-state index contributed by atoms with van der Waals surface area (Å²) in [5.74, 6) is 0. The van der Waals surface area contributed by atoms with Crippen molar-refractivity contribution in [1.29, 1.82) is 10.5 Å². The number of aromatic nitrogens is 1. The molecule has 0 aliphatic rings. The topological polar surface area (TPSA) is 61.7 Å². The molecule has 0 saturated heterocycles. The lowest BCUT2D eigenvalue weighted by atomic mass is 10.2. The van der Waals surface area contributed by atoms with Crippen molar-refractivity contribution in [3.05, 3.63) is 23.5 Å². The number of nitrogens with zero attached hydrogens (tertiary/aromatic N) is 3. The summed E-state index contributed by atoms with van der Waals surface area (Å²) in [4.78, 5) is 4.75. The van der Waals surface area contributed by atoms with Gasteiger partial charge < -0.3 is 4.84 Å². The zero-order valence-corrected chi connectivity index (χ0v) is 5.90. The van der Waals surface area contributed by atoms with Gasteiger partial charge in [-0.2, -0.15) is 15.3 Å². The molecule has 0 aliphatic carbocycles. The van der Waals surface area contributed by atoms with Crippen LogP contribution in [0.15, 0.2) is 12.4 Å². The molecule has 1 aromatic heterocycles. The quantitative estimate of drug-likeness (QED) is 0.573. The van der Waals surface area contributed by atoms with Crippen LogP contribution in [0.2, 0.25) is 0 Å². The maximum atomic E-state index is 8.49. The standard InChI is InChI=1S/C7H5N3O/c1-11-10-4-6(2-8)7(3-9)5-10/h4-5H,1H3. The first kappa shape index (κ1) is 7.17. The SMILES string of the molecule is COn1cc(C#N)c(C#N)c1. The highest BCUT2D eigenvalue weighted by molar-refractivity contribution is 5.43. The number of rotatable bonds is 1. The molecule has 0 spiro atoms. The van der Waals surface area contributed by atoms with Crippen LogP contribution in [0, 0.1) is 22.7 Å². The van der Waals surface area contributed by atoms with Crippen molar-refractivity contribution in [2.24, 2.45) is 0 Å². The van der Waals surface area contributed by atoms with E-state index in [1.54, 1.807) is 0 Å². The van der Waals surface area contributed by atoms with E-state index in [1.807, 2.05) is 12.1 Å². The van der Waals surface area contributed by atoms with Crippen LogP contribution in [0.5, 0.6) is 0 Å². The average molecular weight is 147 g/mol. The molecule has 0 saturated carbocycles. The van der Waals surface area contributed by atoms with Gasteiger partial charge in [-0.25, -0.2) is 0 Å². The van der Waals surface area contributed by atoms with Crippen LogP contribution < -0.4 is 4.84 Å². The maximum Gasteiger partial charge on any atom is 0.104 e. The van der Waals surface area contributed by atoms with Gasteiger partial charge in [0, 0.05) is 0 Å². The summed E-state index contributed by atoms with van der Waals surface area (Å²) in [6, 6.07) is 3.76. The second-order valence-electron chi connectivity index (χ2n) is 1.85. The van der Waals surface area contributed by atoms with E-state index in [4.69, 9.17) is 15.4 Å². The fourth-order valence-electron chi connectivity index (χ4n) is 0.714. The van der Waals surface area contributed by atoms with Crippen molar-refractivity contribution in [2.75, 3.05) is 7.11 Å². The van der Waals surface area contributed by atoms with E-state index in [1.165, 1.54) is 24.2 Å². The van der Waals surface area contributed by atoms with Gasteiger partial charge in [0.25, 0.3) is 0 Å². The van der Waals surface area contributed by atoms with Crippen LogP contribution in [0.1, 0.15) is 11.1 Å². The van der Waals surface area contributed by atoms with Crippen LogP contribution in [0.3, 0.4) is 0 Å². The minimum absolute atomic E-state index is 0.328. The van der Waals surface area contributed by atoms with E-state index in [-0.39, 0.29) is 0 Å². The number of hydrogen-bond donors (Lipinski definition) is 0. The highest BCUT2D eigenvalue weighted by Crippen LogP contribution is 2.05. The molecule has 54 valence electrons. The van der Waals surface area contributed by atoms with Gasteiger partial charge in [0.1, 0.15) is 19.2 Å². The van der Waals surface area contributed by atoms with Gasteiger partial charge in [0.15, 0.2) is 0 Å². The Kier molecular flexibility index (Phi) is 1.80. The molecule has 11 heavy (non-hydrogen) atoms. The van der Waals surface area contributed by atoms with Crippen molar-refractivity contribution < 1.29 is 4.84 Å². The molecule has 0 unspecified atom stereocenters. The molecule has 1 aromatic rings. The van der Waals surface area contributed by atoms with Gasteiger partial charge in [-0.05, 0) is 0 Å². The summed E-state index contributed by atoms with van der Waals surface area (Å²) in [6.07, 6.45) is 2.91. The second-order valence-corrected chi connectivity index (χ2v) is 1.85. The zero-order chi connectivity index (χ0) is 8.27. The summed E-state index contributed by atoms with van der Waals surface area (Å²) >= 11 is 0. The molecule has 1 heterocycles. The Hall–Kier alpha value is -1.94. The average Bonchev–Trinajstić information content (AvgIpc) is 2.46. The third-order valence-electron chi connectivity index (χ3n) is 1.25. The van der Waals surface area contributed by atoms with E-state index in [0.717, 1.165) is 0 Å². The first-order chi connectivity index (χ1) is 5.31. The predicted octanol–water partition coefficient (Wildman–Crippen LogP) is 0.290. The lowest BCUT2D eigenvalue weighted by Crippen LogP contribution is -2.00. The molecule has 4 heteroatoms. The number of nitriles is 2. The fraction of sp³-hybridized carbons (Fsp3) is 0.143. The Morgan fingerprint density at radius 1 is 1.27 bits per heavy atom. The zero-order valence-electron chi connectivity index (χ0n) is 5.90. The van der Waals surface area contributed by atoms with Crippen molar-refractivity contribution in [3.63, 3.8) is 0 Å². The predicted molar refractivity (Wildman–Crippen MR) is 36.4 cm³/mol. The van der Waals surface area contributed by atoms with Crippen LogP contribution in [-0.4, -0.2) is 11.8 Å². The van der Waals surface area contributed by atoms with E-state index < -0.39 is 0 Å². The second kappa shape index (κ2) is 2.76. The van der Waals surface area contributed by atoms with Gasteiger partial charge in [-0.15, -0.1) is 0 Å². The third kappa shape index (κ3) is 1.15. The van der Waals surface area contributed by atoms with Gasteiger partial charge in [0.05, 0.1) is 23.5 Å². The van der Waals surface area contributed by atoms with Crippen molar-refractivity contribution in [2.45, 2.75) is 0 Å². The highest BCUT2D eigenvalue weighted by Gasteiger charge is 2.04. The van der Waals surface area contributed by atoms with E-state index in [9.17, 15) is 0 Å². The Morgan fingerprint density at radius 3 is 2.00 bits per heavy atom. The monoisotopic (exact) mass is 147 g/mol. The molecule has 0 amide bonds. The minimum Gasteiger partial charge on any atom is -0.418 e. The molecular formula is C7H5N3O. The first-order valence-corrected chi connectivity index (χ1v) is 2.88. The van der Waals surface area contributed by atoms with E-state index in [0.29, 0.717) is 11.1 Å². The lowest BCUT2D eigenvalue weighted by Gasteiger charge is -1.94. The summed E-state index contributed by atoms with van der Waals surface area (Å²) in [7, 11) is 1.46.